The van der Waals surface area contributed by atoms with Gasteiger partial charge in [-0.25, -0.2) is 0 Å². The summed E-state index contributed by atoms with van der Waals surface area (Å²) in [6.45, 7) is 7.35. The molecule has 112 valence electrons. The Balaban J connectivity index is 1.92. The van der Waals surface area contributed by atoms with Crippen LogP contribution < -0.4 is 15.4 Å². The van der Waals surface area contributed by atoms with Crippen LogP contribution in [0.3, 0.4) is 0 Å². The van der Waals surface area contributed by atoms with Gasteiger partial charge in [0.15, 0.2) is 0 Å². The summed E-state index contributed by atoms with van der Waals surface area (Å²) in [4.78, 5) is 3.93. The second kappa shape index (κ2) is 5.60. The van der Waals surface area contributed by atoms with E-state index in [-0.39, 0.29) is 6.10 Å². The zero-order chi connectivity index (χ0) is 15.0. The summed E-state index contributed by atoms with van der Waals surface area (Å²) in [5.74, 6) is 0.850. The summed E-state index contributed by atoms with van der Waals surface area (Å²) in [6, 6.07) is 8.67. The molecule has 1 aromatic carbocycles. The van der Waals surface area contributed by atoms with Gasteiger partial charge < -0.3 is 15.4 Å². The summed E-state index contributed by atoms with van der Waals surface area (Å²) in [5.41, 5.74) is 9.41. The largest absolute Gasteiger partial charge is 0.491 e. The molecule has 2 N–H and O–H groups in total. The van der Waals surface area contributed by atoms with E-state index in [4.69, 9.17) is 10.5 Å². The van der Waals surface area contributed by atoms with Crippen molar-refractivity contribution in [2.45, 2.75) is 39.3 Å². The van der Waals surface area contributed by atoms with Gasteiger partial charge in [-0.05, 0) is 50.3 Å². The number of nitrogens with two attached hydrogens (primary N) is 1. The van der Waals surface area contributed by atoms with Crippen molar-refractivity contribution in [3.05, 3.63) is 40.1 Å². The van der Waals surface area contributed by atoms with Crippen molar-refractivity contribution in [1.82, 2.24) is 0 Å². The maximum absolute atomic E-state index is 6.06. The highest BCUT2D eigenvalue weighted by Crippen LogP contribution is 2.37. The van der Waals surface area contributed by atoms with Gasteiger partial charge in [0, 0.05) is 34.9 Å². The summed E-state index contributed by atoms with van der Waals surface area (Å²) in [5, 5.41) is 2.19. The Labute approximate surface area is 130 Å². The van der Waals surface area contributed by atoms with Crippen LogP contribution in [0.4, 0.5) is 11.4 Å². The van der Waals surface area contributed by atoms with Crippen LogP contribution in [0.25, 0.3) is 0 Å². The van der Waals surface area contributed by atoms with Crippen LogP contribution in [0.5, 0.6) is 5.75 Å². The summed E-state index contributed by atoms with van der Waals surface area (Å²) in [7, 11) is 0. The Morgan fingerprint density at radius 1 is 1.33 bits per heavy atom. The number of nitrogen functional groups attached to an aromatic ring is 1. The van der Waals surface area contributed by atoms with Crippen LogP contribution in [0, 0.1) is 0 Å². The van der Waals surface area contributed by atoms with E-state index in [9.17, 15) is 0 Å². The minimum absolute atomic E-state index is 0.155. The van der Waals surface area contributed by atoms with Crippen molar-refractivity contribution < 1.29 is 4.74 Å². The Bertz CT molecular complexity index is 635. The van der Waals surface area contributed by atoms with E-state index in [0.717, 1.165) is 30.1 Å². The van der Waals surface area contributed by atoms with E-state index in [1.165, 1.54) is 10.4 Å². The number of ether oxygens (including phenoxy) is 1. The van der Waals surface area contributed by atoms with Crippen molar-refractivity contribution in [1.29, 1.82) is 0 Å². The van der Waals surface area contributed by atoms with E-state index in [2.05, 4.69) is 29.3 Å². The molecule has 1 aromatic heterocycles. The van der Waals surface area contributed by atoms with Crippen molar-refractivity contribution in [2.75, 3.05) is 17.2 Å². The molecule has 4 heteroatoms. The number of hydrogen-bond acceptors (Lipinski definition) is 4. The van der Waals surface area contributed by atoms with Gasteiger partial charge in [0.25, 0.3) is 0 Å². The first kappa shape index (κ1) is 14.3. The molecule has 1 unspecified atom stereocenters. The van der Waals surface area contributed by atoms with Gasteiger partial charge in [0.05, 0.1) is 12.1 Å². The fourth-order valence-electron chi connectivity index (χ4n) is 2.97. The van der Waals surface area contributed by atoms with Gasteiger partial charge in [0.2, 0.25) is 0 Å². The quantitative estimate of drug-likeness (QED) is 0.862. The van der Waals surface area contributed by atoms with Gasteiger partial charge in [-0.2, -0.15) is 0 Å². The predicted molar refractivity (Wildman–Crippen MR) is 90.4 cm³/mol. The topological polar surface area (TPSA) is 38.5 Å². The number of benzene rings is 1. The second-order valence-corrected chi connectivity index (χ2v) is 6.85. The third-order valence-electron chi connectivity index (χ3n) is 3.89. The number of nitrogens with zero attached hydrogens (tertiary/aromatic N) is 1. The first-order chi connectivity index (χ1) is 10.0. The molecule has 3 nitrogen and oxygen atoms in total. The standard InChI is InChI=1S/C17H22N2OS/c1-11(2)20-15-9-13(18)8-14(10-15)19-6-4-17-16(12(19)3)5-7-21-17/h5,7-12H,4,6,18H2,1-3H3. The minimum atomic E-state index is 0.155. The Hall–Kier alpha value is -1.68. The SMILES string of the molecule is CC(C)Oc1cc(N)cc(N2CCc3sccc3C2C)c1. The molecule has 0 amide bonds. The van der Waals surface area contributed by atoms with Crippen LogP contribution >= 0.6 is 11.3 Å². The van der Waals surface area contributed by atoms with Crippen LogP contribution in [-0.4, -0.2) is 12.6 Å². The molecule has 0 saturated carbocycles. The average Bonchev–Trinajstić information content (AvgIpc) is 2.86. The van der Waals surface area contributed by atoms with Gasteiger partial charge in [-0.15, -0.1) is 11.3 Å². The van der Waals surface area contributed by atoms with Gasteiger partial charge in [-0.3, -0.25) is 0 Å². The van der Waals surface area contributed by atoms with E-state index in [1.807, 2.05) is 37.3 Å². The summed E-state index contributed by atoms with van der Waals surface area (Å²) in [6.07, 6.45) is 1.26. The maximum atomic E-state index is 6.06. The van der Waals surface area contributed by atoms with E-state index >= 15 is 0 Å². The minimum Gasteiger partial charge on any atom is -0.491 e. The monoisotopic (exact) mass is 302 g/mol. The van der Waals surface area contributed by atoms with Crippen molar-refractivity contribution in [2.24, 2.45) is 0 Å². The Morgan fingerprint density at radius 3 is 2.90 bits per heavy atom. The van der Waals surface area contributed by atoms with Crippen molar-refractivity contribution in [3.63, 3.8) is 0 Å². The number of thiophene rings is 1. The van der Waals surface area contributed by atoms with Crippen LogP contribution in [0.2, 0.25) is 0 Å². The van der Waals surface area contributed by atoms with Gasteiger partial charge in [0.1, 0.15) is 5.75 Å². The summed E-state index contributed by atoms with van der Waals surface area (Å²) >= 11 is 1.87. The Morgan fingerprint density at radius 2 is 2.14 bits per heavy atom. The molecule has 3 rings (SSSR count). The average molecular weight is 302 g/mol. The van der Waals surface area contributed by atoms with E-state index in [0.29, 0.717) is 6.04 Å². The highest BCUT2D eigenvalue weighted by atomic mass is 32.1. The molecule has 1 aliphatic rings. The molecular weight excluding hydrogens is 280 g/mol. The predicted octanol–water partition coefficient (Wildman–Crippen LogP) is 4.24. The highest BCUT2D eigenvalue weighted by molar-refractivity contribution is 7.10. The van der Waals surface area contributed by atoms with Crippen LogP contribution in [-0.2, 0) is 6.42 Å². The molecule has 0 aliphatic carbocycles. The lowest BCUT2D eigenvalue weighted by Gasteiger charge is -2.36. The molecule has 0 radical (unpaired) electrons. The molecule has 0 fully saturated rings. The molecular formula is C17H22N2OS. The fraction of sp³-hybridized carbons (Fsp3) is 0.412. The third-order valence-corrected chi connectivity index (χ3v) is 4.89. The van der Waals surface area contributed by atoms with Gasteiger partial charge in [-0.1, -0.05) is 0 Å². The smallest absolute Gasteiger partial charge is 0.123 e. The summed E-state index contributed by atoms with van der Waals surface area (Å²) < 4.78 is 5.81. The number of fused-ring (bicyclic) bond motifs is 1. The maximum Gasteiger partial charge on any atom is 0.123 e. The first-order valence-electron chi connectivity index (χ1n) is 7.44. The molecule has 2 aromatic rings. The van der Waals surface area contributed by atoms with E-state index in [1.54, 1.807) is 0 Å². The van der Waals surface area contributed by atoms with E-state index < -0.39 is 0 Å². The second-order valence-electron chi connectivity index (χ2n) is 5.85. The molecule has 1 atom stereocenters. The molecule has 21 heavy (non-hydrogen) atoms. The lowest BCUT2D eigenvalue weighted by Crippen LogP contribution is -2.33. The lowest BCUT2D eigenvalue weighted by molar-refractivity contribution is 0.242. The van der Waals surface area contributed by atoms with Crippen LogP contribution in [0.15, 0.2) is 29.6 Å². The normalized spacial score (nSPS) is 17.9. The molecule has 1 aliphatic heterocycles. The van der Waals surface area contributed by atoms with Crippen molar-refractivity contribution in [3.8, 4) is 5.75 Å². The van der Waals surface area contributed by atoms with Gasteiger partial charge >= 0.3 is 0 Å². The number of hydrogen-bond donors (Lipinski definition) is 1. The Kier molecular flexibility index (Phi) is 3.81. The lowest BCUT2D eigenvalue weighted by atomic mass is 10.0. The van der Waals surface area contributed by atoms with Crippen LogP contribution in [0.1, 0.15) is 37.3 Å². The number of anilines is 2. The number of rotatable bonds is 3. The first-order valence-corrected chi connectivity index (χ1v) is 8.32. The molecule has 2 heterocycles. The third kappa shape index (κ3) is 2.86. The zero-order valence-corrected chi connectivity index (χ0v) is 13.6. The van der Waals surface area contributed by atoms with Crippen molar-refractivity contribution >= 4 is 22.7 Å². The highest BCUT2D eigenvalue weighted by Gasteiger charge is 2.25. The zero-order valence-electron chi connectivity index (χ0n) is 12.8. The molecule has 0 spiro atoms. The molecule has 0 bridgehead atoms. The fourth-order valence-corrected chi connectivity index (χ4v) is 3.94. The molecule has 0 saturated heterocycles.